The molecule has 1 heterocycles. The van der Waals surface area contributed by atoms with Crippen molar-refractivity contribution in [3.05, 3.63) is 0 Å². The van der Waals surface area contributed by atoms with Crippen LogP contribution in [0.15, 0.2) is 0 Å². The number of likely N-dealkylation sites (tertiary alicyclic amines) is 1. The van der Waals surface area contributed by atoms with E-state index in [2.05, 4.69) is 0 Å². The van der Waals surface area contributed by atoms with Gasteiger partial charge in [-0.25, -0.2) is 0 Å². The number of carbonyl (C=O) groups is 1. The highest BCUT2D eigenvalue weighted by atomic mass is 16.3. The summed E-state index contributed by atoms with van der Waals surface area (Å²) in [5.74, 6) is 0.296. The highest BCUT2D eigenvalue weighted by Gasteiger charge is 2.17. The molecule has 0 aromatic rings. The molecule has 1 aliphatic rings. The molecule has 0 amide bonds. The fourth-order valence-electron chi connectivity index (χ4n) is 1.34. The molecule has 70 valence electrons. The van der Waals surface area contributed by atoms with Crippen LogP contribution in [-0.2, 0) is 4.79 Å². The SMILES string of the molecule is O=C1CCN(CC(O)CO)CC1. The van der Waals surface area contributed by atoms with Gasteiger partial charge in [0.15, 0.2) is 0 Å². The summed E-state index contributed by atoms with van der Waals surface area (Å²) in [6.07, 6.45) is 0.495. The Morgan fingerprint density at radius 2 is 2.00 bits per heavy atom. The van der Waals surface area contributed by atoms with Crippen LogP contribution in [-0.4, -0.2) is 53.2 Å². The zero-order valence-corrected chi connectivity index (χ0v) is 7.07. The van der Waals surface area contributed by atoms with Crippen LogP contribution in [0.4, 0.5) is 0 Å². The Morgan fingerprint density at radius 1 is 1.42 bits per heavy atom. The van der Waals surface area contributed by atoms with Crippen molar-refractivity contribution < 1.29 is 15.0 Å². The van der Waals surface area contributed by atoms with Crippen molar-refractivity contribution >= 4 is 5.78 Å². The van der Waals surface area contributed by atoms with Gasteiger partial charge in [0, 0.05) is 32.5 Å². The molecule has 2 N–H and O–H groups in total. The molecule has 0 radical (unpaired) electrons. The van der Waals surface area contributed by atoms with Crippen LogP contribution in [0.25, 0.3) is 0 Å². The van der Waals surface area contributed by atoms with Crippen molar-refractivity contribution in [2.45, 2.75) is 18.9 Å². The van der Waals surface area contributed by atoms with Crippen LogP contribution in [0.1, 0.15) is 12.8 Å². The highest BCUT2D eigenvalue weighted by Crippen LogP contribution is 2.05. The number of hydrogen-bond acceptors (Lipinski definition) is 4. The summed E-state index contributed by atoms with van der Waals surface area (Å²) in [5.41, 5.74) is 0. The maximum absolute atomic E-state index is 10.8. The zero-order chi connectivity index (χ0) is 8.97. The first-order chi connectivity index (χ1) is 5.72. The molecule has 0 bridgehead atoms. The molecule has 4 heteroatoms. The minimum atomic E-state index is -0.668. The van der Waals surface area contributed by atoms with Crippen molar-refractivity contribution in [2.75, 3.05) is 26.2 Å². The first kappa shape index (κ1) is 9.64. The summed E-state index contributed by atoms with van der Waals surface area (Å²) < 4.78 is 0. The van der Waals surface area contributed by atoms with Gasteiger partial charge in [0.25, 0.3) is 0 Å². The van der Waals surface area contributed by atoms with Gasteiger partial charge < -0.3 is 10.2 Å². The average Bonchev–Trinajstić information content (AvgIpc) is 2.09. The highest BCUT2D eigenvalue weighted by molar-refractivity contribution is 5.79. The minimum absolute atomic E-state index is 0.204. The number of nitrogens with zero attached hydrogens (tertiary/aromatic N) is 1. The molecule has 0 aliphatic carbocycles. The summed E-state index contributed by atoms with van der Waals surface area (Å²) in [7, 11) is 0. The summed E-state index contributed by atoms with van der Waals surface area (Å²) in [5, 5.41) is 17.7. The van der Waals surface area contributed by atoms with E-state index < -0.39 is 6.10 Å². The lowest BCUT2D eigenvalue weighted by molar-refractivity contribution is -0.121. The zero-order valence-electron chi connectivity index (χ0n) is 7.07. The van der Waals surface area contributed by atoms with Crippen molar-refractivity contribution in [1.82, 2.24) is 4.90 Å². The van der Waals surface area contributed by atoms with E-state index >= 15 is 0 Å². The summed E-state index contributed by atoms with van der Waals surface area (Å²) in [6, 6.07) is 0. The number of Topliss-reactive ketones (excluding diaryl/α,β-unsaturated/α-hetero) is 1. The molecule has 1 saturated heterocycles. The Kier molecular flexibility index (Phi) is 3.65. The summed E-state index contributed by atoms with van der Waals surface area (Å²) in [6.45, 7) is 1.71. The van der Waals surface area contributed by atoms with Gasteiger partial charge in [-0.2, -0.15) is 0 Å². The maximum atomic E-state index is 10.8. The van der Waals surface area contributed by atoms with E-state index in [1.54, 1.807) is 0 Å². The fraction of sp³-hybridized carbons (Fsp3) is 0.875. The van der Waals surface area contributed by atoms with Gasteiger partial charge >= 0.3 is 0 Å². The molecule has 4 nitrogen and oxygen atoms in total. The second kappa shape index (κ2) is 4.54. The number of hydrogen-bond donors (Lipinski definition) is 2. The van der Waals surface area contributed by atoms with Gasteiger partial charge in [-0.3, -0.25) is 9.69 Å². The predicted octanol–water partition coefficient (Wildman–Crippen LogP) is -0.996. The average molecular weight is 173 g/mol. The molecule has 1 rings (SSSR count). The summed E-state index contributed by atoms with van der Waals surface area (Å²) in [4.78, 5) is 12.8. The molecule has 0 saturated carbocycles. The molecule has 1 atom stereocenters. The third-order valence-electron chi connectivity index (χ3n) is 2.09. The molecule has 1 unspecified atom stereocenters. The lowest BCUT2D eigenvalue weighted by atomic mass is 10.1. The van der Waals surface area contributed by atoms with Crippen LogP contribution in [0.3, 0.4) is 0 Å². The van der Waals surface area contributed by atoms with Gasteiger partial charge in [-0.05, 0) is 0 Å². The standard InChI is InChI=1S/C8H15NO3/c10-6-8(12)5-9-3-1-7(11)2-4-9/h8,10,12H,1-6H2. The molecular weight excluding hydrogens is 158 g/mol. The number of carbonyl (C=O) groups excluding carboxylic acids is 1. The van der Waals surface area contributed by atoms with Crippen LogP contribution >= 0.6 is 0 Å². The normalized spacial score (nSPS) is 22.7. The van der Waals surface area contributed by atoms with Gasteiger partial charge in [0.1, 0.15) is 5.78 Å². The van der Waals surface area contributed by atoms with Crippen molar-refractivity contribution in [1.29, 1.82) is 0 Å². The number of ketones is 1. The van der Waals surface area contributed by atoms with Crippen LogP contribution in [0.2, 0.25) is 0 Å². The predicted molar refractivity (Wildman–Crippen MR) is 43.8 cm³/mol. The molecular formula is C8H15NO3. The maximum Gasteiger partial charge on any atom is 0.135 e. The van der Waals surface area contributed by atoms with Crippen molar-refractivity contribution in [2.24, 2.45) is 0 Å². The van der Waals surface area contributed by atoms with Crippen LogP contribution < -0.4 is 0 Å². The second-order valence-corrected chi connectivity index (χ2v) is 3.18. The van der Waals surface area contributed by atoms with Gasteiger partial charge in [-0.1, -0.05) is 0 Å². The Bertz CT molecular complexity index is 150. The van der Waals surface area contributed by atoms with Crippen molar-refractivity contribution in [3.63, 3.8) is 0 Å². The Labute approximate surface area is 71.8 Å². The summed E-state index contributed by atoms with van der Waals surface area (Å²) >= 11 is 0. The number of piperidine rings is 1. The lowest BCUT2D eigenvalue weighted by Crippen LogP contribution is -2.40. The van der Waals surface area contributed by atoms with Gasteiger partial charge in [0.2, 0.25) is 0 Å². The topological polar surface area (TPSA) is 60.8 Å². The first-order valence-corrected chi connectivity index (χ1v) is 4.25. The fourth-order valence-corrected chi connectivity index (χ4v) is 1.34. The van der Waals surface area contributed by atoms with Gasteiger partial charge in [0.05, 0.1) is 12.7 Å². The van der Waals surface area contributed by atoms with Crippen molar-refractivity contribution in [3.8, 4) is 0 Å². The third kappa shape index (κ3) is 2.89. The van der Waals surface area contributed by atoms with Gasteiger partial charge in [-0.15, -0.1) is 0 Å². The van der Waals surface area contributed by atoms with E-state index in [0.717, 1.165) is 13.1 Å². The molecule has 0 aromatic carbocycles. The largest absolute Gasteiger partial charge is 0.394 e. The quantitative estimate of drug-likeness (QED) is 0.575. The Balaban J connectivity index is 2.21. The molecule has 0 aromatic heterocycles. The van der Waals surface area contributed by atoms with E-state index in [0.29, 0.717) is 25.2 Å². The number of aliphatic hydroxyl groups excluding tert-OH is 2. The van der Waals surface area contributed by atoms with E-state index in [1.165, 1.54) is 0 Å². The minimum Gasteiger partial charge on any atom is -0.394 e. The van der Waals surface area contributed by atoms with Crippen LogP contribution in [0.5, 0.6) is 0 Å². The molecule has 1 fully saturated rings. The Hall–Kier alpha value is -0.450. The smallest absolute Gasteiger partial charge is 0.135 e. The molecule has 12 heavy (non-hydrogen) atoms. The number of β-amino-alcohol motifs (C(OH)–C–C–N with tert-alkyl or cyclic N) is 1. The number of aliphatic hydroxyl groups is 2. The second-order valence-electron chi connectivity index (χ2n) is 3.18. The molecule has 0 spiro atoms. The van der Waals surface area contributed by atoms with E-state index in [1.807, 2.05) is 4.90 Å². The molecule has 1 aliphatic heterocycles. The van der Waals surface area contributed by atoms with E-state index in [4.69, 9.17) is 10.2 Å². The van der Waals surface area contributed by atoms with E-state index in [9.17, 15) is 4.79 Å². The number of rotatable bonds is 3. The monoisotopic (exact) mass is 173 g/mol. The van der Waals surface area contributed by atoms with Crippen LogP contribution in [0, 0.1) is 0 Å². The lowest BCUT2D eigenvalue weighted by Gasteiger charge is -2.27. The third-order valence-corrected chi connectivity index (χ3v) is 2.09. The Morgan fingerprint density at radius 3 is 2.50 bits per heavy atom. The van der Waals surface area contributed by atoms with E-state index in [-0.39, 0.29) is 6.61 Å². The first-order valence-electron chi connectivity index (χ1n) is 4.25.